The SMILES string of the molecule is c1ccc2c(c1)Sc1ccc3cc1/C2=C1/c2ccccc2Sc2ccc(cc21)OCCOCCOCCO3. The van der Waals surface area contributed by atoms with Crippen molar-refractivity contribution in [2.75, 3.05) is 39.6 Å². The summed E-state index contributed by atoms with van der Waals surface area (Å²) in [5.41, 5.74) is 7.31. The van der Waals surface area contributed by atoms with Gasteiger partial charge in [-0.15, -0.1) is 0 Å². The Morgan fingerprint density at radius 3 is 1.34 bits per heavy atom. The molecule has 0 N–H and O–H groups in total. The molecular weight excluding hydrogens is 512 g/mol. The third-order valence-corrected chi connectivity index (χ3v) is 9.11. The lowest BCUT2D eigenvalue weighted by Crippen LogP contribution is -2.14. The van der Waals surface area contributed by atoms with Gasteiger partial charge in [0.25, 0.3) is 0 Å². The van der Waals surface area contributed by atoms with Gasteiger partial charge in [0, 0.05) is 30.7 Å². The molecule has 0 spiro atoms. The predicted octanol–water partition coefficient (Wildman–Crippen LogP) is 7.43. The van der Waals surface area contributed by atoms with E-state index in [1.807, 2.05) is 23.5 Å². The van der Waals surface area contributed by atoms with Gasteiger partial charge in [0.15, 0.2) is 0 Å². The van der Waals surface area contributed by atoms with Gasteiger partial charge in [0.05, 0.1) is 26.4 Å². The highest BCUT2D eigenvalue weighted by molar-refractivity contribution is 8.00. The molecule has 0 aromatic heterocycles. The first-order valence-corrected chi connectivity index (χ1v) is 14.5. The lowest BCUT2D eigenvalue weighted by Gasteiger charge is -2.30. The van der Waals surface area contributed by atoms with E-state index in [0.29, 0.717) is 39.6 Å². The van der Waals surface area contributed by atoms with Crippen molar-refractivity contribution in [1.82, 2.24) is 0 Å². The molecule has 4 nitrogen and oxygen atoms in total. The summed E-state index contributed by atoms with van der Waals surface area (Å²) in [6.45, 7) is 3.08. The number of hydrogen-bond donors (Lipinski definition) is 0. The van der Waals surface area contributed by atoms with E-state index in [-0.39, 0.29) is 0 Å². The molecule has 4 aromatic rings. The molecule has 7 rings (SSSR count). The maximum Gasteiger partial charge on any atom is 0.120 e. The summed E-state index contributed by atoms with van der Waals surface area (Å²) in [5, 5.41) is 0. The Morgan fingerprint density at radius 2 is 0.842 bits per heavy atom. The van der Waals surface area contributed by atoms with Crippen LogP contribution in [0, 0.1) is 0 Å². The van der Waals surface area contributed by atoms with E-state index in [1.165, 1.54) is 53.0 Å². The van der Waals surface area contributed by atoms with Gasteiger partial charge < -0.3 is 18.9 Å². The Hall–Kier alpha value is -3.16. The van der Waals surface area contributed by atoms with Crippen molar-refractivity contribution in [3.63, 3.8) is 0 Å². The van der Waals surface area contributed by atoms with Gasteiger partial charge >= 0.3 is 0 Å². The van der Waals surface area contributed by atoms with Crippen LogP contribution in [-0.4, -0.2) is 39.6 Å². The van der Waals surface area contributed by atoms with E-state index in [4.69, 9.17) is 18.9 Å². The third kappa shape index (κ3) is 4.52. The minimum absolute atomic E-state index is 0.489. The van der Waals surface area contributed by atoms with Gasteiger partial charge in [-0.25, -0.2) is 0 Å². The second-order valence-electron chi connectivity index (χ2n) is 9.18. The summed E-state index contributed by atoms with van der Waals surface area (Å²) in [6, 6.07) is 30.3. The first-order chi connectivity index (χ1) is 18.8. The van der Waals surface area contributed by atoms with Crippen LogP contribution < -0.4 is 9.47 Å². The van der Waals surface area contributed by atoms with Crippen LogP contribution in [0.15, 0.2) is 105 Å². The average molecular weight is 539 g/mol. The summed E-state index contributed by atoms with van der Waals surface area (Å²) < 4.78 is 23.7. The molecule has 38 heavy (non-hydrogen) atoms. The van der Waals surface area contributed by atoms with E-state index in [2.05, 4.69) is 84.9 Å². The van der Waals surface area contributed by atoms with Crippen molar-refractivity contribution in [3.8, 4) is 11.5 Å². The molecule has 190 valence electrons. The zero-order chi connectivity index (χ0) is 25.3. The first kappa shape index (κ1) is 23.9. The fourth-order valence-corrected chi connectivity index (χ4v) is 7.26. The van der Waals surface area contributed by atoms with Crippen LogP contribution in [0.3, 0.4) is 0 Å². The van der Waals surface area contributed by atoms with E-state index >= 15 is 0 Å². The normalized spacial score (nSPS) is 18.6. The molecule has 4 aromatic carbocycles. The largest absolute Gasteiger partial charge is 0.491 e. The fraction of sp³-hybridized carbons (Fsp3) is 0.188. The molecule has 0 fully saturated rings. The Bertz CT molecular complexity index is 1430. The van der Waals surface area contributed by atoms with Crippen molar-refractivity contribution < 1.29 is 18.9 Å². The van der Waals surface area contributed by atoms with Crippen LogP contribution in [-0.2, 0) is 9.47 Å². The van der Waals surface area contributed by atoms with Crippen LogP contribution in [0.1, 0.15) is 22.3 Å². The van der Waals surface area contributed by atoms with Gasteiger partial charge in [-0.05, 0) is 70.8 Å². The van der Waals surface area contributed by atoms with E-state index in [9.17, 15) is 0 Å². The summed E-state index contributed by atoms with van der Waals surface area (Å²) in [7, 11) is 0. The van der Waals surface area contributed by atoms with E-state index in [1.54, 1.807) is 0 Å². The van der Waals surface area contributed by atoms with Gasteiger partial charge in [-0.2, -0.15) is 0 Å². The van der Waals surface area contributed by atoms with Crippen molar-refractivity contribution in [3.05, 3.63) is 107 Å². The molecule has 0 saturated carbocycles. The number of benzene rings is 4. The minimum atomic E-state index is 0.489. The molecule has 3 aliphatic rings. The van der Waals surface area contributed by atoms with E-state index < -0.39 is 0 Å². The Kier molecular flexibility index (Phi) is 6.64. The molecule has 6 heteroatoms. The highest BCUT2D eigenvalue weighted by Crippen LogP contribution is 2.54. The van der Waals surface area contributed by atoms with Crippen LogP contribution in [0.25, 0.3) is 11.1 Å². The lowest BCUT2D eigenvalue weighted by molar-refractivity contribution is 0.0273. The van der Waals surface area contributed by atoms with E-state index in [0.717, 1.165) is 11.5 Å². The first-order valence-electron chi connectivity index (χ1n) is 12.8. The molecule has 3 aliphatic heterocycles. The molecule has 0 saturated heterocycles. The van der Waals surface area contributed by atoms with Crippen molar-refractivity contribution in [2.24, 2.45) is 0 Å². The van der Waals surface area contributed by atoms with Gasteiger partial charge in [0.2, 0.25) is 0 Å². The van der Waals surface area contributed by atoms with Gasteiger partial charge in [-0.3, -0.25) is 0 Å². The summed E-state index contributed by atoms with van der Waals surface area (Å²) in [4.78, 5) is 4.97. The highest BCUT2D eigenvalue weighted by atomic mass is 32.2. The standard InChI is InChI=1S/C32H26O4S2/c1-3-7-27-23(5-1)31-25-19-21(9-11-29(25)37-27)35-17-15-33-13-14-34-16-18-36-22-10-12-30-26(20-22)32(31)24-6-2-4-8-28(24)38-30/h1-12,19-20H,13-18H2/b32-31-. The van der Waals surface area contributed by atoms with Gasteiger partial charge in [-0.1, -0.05) is 59.9 Å². The number of rotatable bonds is 0. The van der Waals surface area contributed by atoms with Crippen molar-refractivity contribution in [1.29, 1.82) is 0 Å². The zero-order valence-electron chi connectivity index (χ0n) is 20.8. The molecule has 0 unspecified atom stereocenters. The minimum Gasteiger partial charge on any atom is -0.491 e. The van der Waals surface area contributed by atoms with Crippen molar-refractivity contribution in [2.45, 2.75) is 19.6 Å². The Labute approximate surface area is 231 Å². The number of ether oxygens (including phenoxy) is 4. The predicted molar refractivity (Wildman–Crippen MR) is 152 cm³/mol. The lowest BCUT2D eigenvalue weighted by atomic mass is 9.85. The quantitative estimate of drug-likeness (QED) is 0.200. The monoisotopic (exact) mass is 538 g/mol. The maximum absolute atomic E-state index is 6.15. The second kappa shape index (κ2) is 10.5. The molecule has 4 bridgehead atoms. The van der Waals surface area contributed by atoms with Gasteiger partial charge in [0.1, 0.15) is 24.7 Å². The average Bonchev–Trinajstić information content (AvgIpc) is 2.95. The molecule has 0 radical (unpaired) electrons. The molecule has 0 aliphatic carbocycles. The van der Waals surface area contributed by atoms with Crippen LogP contribution in [0.2, 0.25) is 0 Å². The number of hydrogen-bond acceptors (Lipinski definition) is 6. The maximum atomic E-state index is 6.15. The summed E-state index contributed by atoms with van der Waals surface area (Å²) >= 11 is 3.63. The highest BCUT2D eigenvalue weighted by Gasteiger charge is 2.30. The topological polar surface area (TPSA) is 36.9 Å². The fourth-order valence-electron chi connectivity index (χ4n) is 5.12. The van der Waals surface area contributed by atoms with Crippen LogP contribution >= 0.6 is 23.5 Å². The third-order valence-electron chi connectivity index (χ3n) is 6.81. The van der Waals surface area contributed by atoms with Crippen molar-refractivity contribution >= 4 is 34.7 Å². The number of fused-ring (bicyclic) bond motifs is 6. The molecule has 0 amide bonds. The zero-order valence-corrected chi connectivity index (χ0v) is 22.4. The second-order valence-corrected chi connectivity index (χ2v) is 11.4. The Balaban J connectivity index is 1.50. The molecule has 3 heterocycles. The van der Waals surface area contributed by atoms with Crippen LogP contribution in [0.5, 0.6) is 11.5 Å². The van der Waals surface area contributed by atoms with Crippen LogP contribution in [0.4, 0.5) is 0 Å². The molecule has 0 atom stereocenters. The summed E-state index contributed by atoms with van der Waals surface area (Å²) in [5.74, 6) is 1.69. The Morgan fingerprint density at radius 1 is 0.421 bits per heavy atom. The molecular formula is C32H26O4S2. The summed E-state index contributed by atoms with van der Waals surface area (Å²) in [6.07, 6.45) is 0. The smallest absolute Gasteiger partial charge is 0.120 e.